The minimum atomic E-state index is 0.740. The first-order valence-corrected chi connectivity index (χ1v) is 3.22. The van der Waals surface area contributed by atoms with Crippen molar-refractivity contribution in [3.05, 3.63) is 0 Å². The largest absolute Gasteiger partial charge is 0.375 e. The van der Waals surface area contributed by atoms with Crippen LogP contribution in [-0.4, -0.2) is 12.9 Å². The number of hydrogen-bond donors (Lipinski definition) is 2. The third-order valence-corrected chi connectivity index (χ3v) is 1.03. The molecule has 3 N–H and O–H groups in total. The van der Waals surface area contributed by atoms with Gasteiger partial charge in [0.05, 0.1) is 0 Å². The first-order valence-electron chi connectivity index (χ1n) is 3.22. The molecule has 0 aliphatic heterocycles. The molecule has 0 saturated carbocycles. The molecular weight excluding hydrogens is 114 g/mol. The van der Waals surface area contributed by atoms with Crippen LogP contribution in [0.2, 0.25) is 0 Å². The van der Waals surface area contributed by atoms with Crippen LogP contribution in [0.1, 0.15) is 20.3 Å². The number of nitrogens with zero attached hydrogens (tertiary/aromatic N) is 1. The number of nitrogens with one attached hydrogen (secondary N) is 1. The Morgan fingerprint density at radius 3 is 2.78 bits per heavy atom. The molecule has 3 nitrogen and oxygen atoms in total. The molecule has 0 heterocycles. The molecule has 0 aromatic rings. The lowest BCUT2D eigenvalue weighted by molar-refractivity contribution is 0.579. The van der Waals surface area contributed by atoms with E-state index in [9.17, 15) is 0 Å². The van der Waals surface area contributed by atoms with Crippen LogP contribution in [0, 0.1) is 5.92 Å². The fraction of sp³-hybridized carbons (Fsp3) is 0.833. The molecule has 0 saturated heterocycles. The van der Waals surface area contributed by atoms with Crippen LogP contribution in [0.15, 0.2) is 5.10 Å². The van der Waals surface area contributed by atoms with E-state index < -0.39 is 0 Å². The molecule has 0 rings (SSSR count). The van der Waals surface area contributed by atoms with Crippen molar-refractivity contribution in [1.82, 2.24) is 5.32 Å². The summed E-state index contributed by atoms with van der Waals surface area (Å²) in [5, 5.41) is 6.25. The molecule has 0 aliphatic carbocycles. The summed E-state index contributed by atoms with van der Waals surface area (Å²) in [4.78, 5) is 0. The van der Waals surface area contributed by atoms with Gasteiger partial charge >= 0.3 is 0 Å². The van der Waals surface area contributed by atoms with E-state index >= 15 is 0 Å². The van der Waals surface area contributed by atoms with Crippen molar-refractivity contribution in [2.24, 2.45) is 16.9 Å². The lowest BCUT2D eigenvalue weighted by Gasteiger charge is -2.01. The molecule has 54 valence electrons. The van der Waals surface area contributed by atoms with Gasteiger partial charge in [-0.2, -0.15) is 5.10 Å². The molecule has 0 spiro atoms. The summed E-state index contributed by atoms with van der Waals surface area (Å²) in [7, 11) is 0. The predicted octanol–water partition coefficient (Wildman–Crippen LogP) is 0.524. The van der Waals surface area contributed by atoms with E-state index in [1.807, 2.05) is 0 Å². The van der Waals surface area contributed by atoms with Crippen LogP contribution in [0.4, 0.5) is 0 Å². The zero-order valence-electron chi connectivity index (χ0n) is 6.09. The summed E-state index contributed by atoms with van der Waals surface area (Å²) >= 11 is 0. The molecule has 0 amide bonds. The van der Waals surface area contributed by atoms with Crippen LogP contribution in [0.3, 0.4) is 0 Å². The topological polar surface area (TPSA) is 50.4 Å². The van der Waals surface area contributed by atoms with Crippen molar-refractivity contribution < 1.29 is 0 Å². The van der Waals surface area contributed by atoms with Crippen LogP contribution in [0.25, 0.3) is 0 Å². The first-order chi connectivity index (χ1) is 4.27. The molecule has 9 heavy (non-hydrogen) atoms. The summed E-state index contributed by atoms with van der Waals surface area (Å²) in [6.07, 6.45) is 2.68. The maximum atomic E-state index is 4.85. The van der Waals surface area contributed by atoms with Crippen LogP contribution >= 0.6 is 0 Å². The van der Waals surface area contributed by atoms with Crippen LogP contribution in [0.5, 0.6) is 0 Å². The minimum absolute atomic E-state index is 0.740. The van der Waals surface area contributed by atoms with Gasteiger partial charge in [0.2, 0.25) is 0 Å². The van der Waals surface area contributed by atoms with Gasteiger partial charge in [0.15, 0.2) is 0 Å². The maximum Gasteiger partial charge on any atom is 0.108 e. The van der Waals surface area contributed by atoms with Crippen molar-refractivity contribution in [3.8, 4) is 0 Å². The van der Waals surface area contributed by atoms with Gasteiger partial charge in [0, 0.05) is 6.54 Å². The van der Waals surface area contributed by atoms with E-state index in [-0.39, 0.29) is 0 Å². The fourth-order valence-corrected chi connectivity index (χ4v) is 0.489. The van der Waals surface area contributed by atoms with Crippen molar-refractivity contribution in [3.63, 3.8) is 0 Å². The van der Waals surface area contributed by atoms with E-state index in [0.717, 1.165) is 18.9 Å². The van der Waals surface area contributed by atoms with Gasteiger partial charge in [-0.25, -0.2) is 0 Å². The van der Waals surface area contributed by atoms with E-state index in [1.54, 1.807) is 0 Å². The molecular formula is C6H15N3. The Bertz CT molecular complexity index is 78.4. The van der Waals surface area contributed by atoms with Crippen molar-refractivity contribution in [2.75, 3.05) is 6.54 Å². The highest BCUT2D eigenvalue weighted by Gasteiger charge is 1.89. The highest BCUT2D eigenvalue weighted by Crippen LogP contribution is 1.95. The first kappa shape index (κ1) is 8.27. The molecule has 0 bridgehead atoms. The third-order valence-electron chi connectivity index (χ3n) is 1.03. The lowest BCUT2D eigenvalue weighted by atomic mass is 10.1. The summed E-state index contributed by atoms with van der Waals surface area (Å²) < 4.78 is 0. The highest BCUT2D eigenvalue weighted by molar-refractivity contribution is 5.53. The molecule has 0 radical (unpaired) electrons. The predicted molar refractivity (Wildman–Crippen MR) is 40.1 cm³/mol. The van der Waals surface area contributed by atoms with E-state index in [1.165, 1.54) is 6.34 Å². The lowest BCUT2D eigenvalue weighted by Crippen LogP contribution is -2.15. The second-order valence-electron chi connectivity index (χ2n) is 2.41. The van der Waals surface area contributed by atoms with Crippen molar-refractivity contribution in [1.29, 1.82) is 0 Å². The van der Waals surface area contributed by atoms with Gasteiger partial charge in [-0.1, -0.05) is 13.8 Å². The standard InChI is InChI=1S/C6H15N3/c1-6(2)3-4-8-5-9-7/h5-6H,3-4,7H2,1-2H3,(H,8,9). The minimum Gasteiger partial charge on any atom is -0.375 e. The normalized spacial score (nSPS) is 11.0. The third kappa shape index (κ3) is 7.27. The molecule has 0 atom stereocenters. The smallest absolute Gasteiger partial charge is 0.108 e. The maximum absolute atomic E-state index is 4.85. The van der Waals surface area contributed by atoms with Gasteiger partial charge in [0.25, 0.3) is 0 Å². The molecule has 0 unspecified atom stereocenters. The highest BCUT2D eigenvalue weighted by atomic mass is 15.2. The number of nitrogens with two attached hydrogens (primary N) is 1. The second kappa shape index (κ2) is 5.41. The Kier molecular flexibility index (Phi) is 4.97. The number of rotatable bonds is 4. The average Bonchev–Trinajstić information content (AvgIpc) is 1.80. The Balaban J connectivity index is 2.91. The Hall–Kier alpha value is -0.730. The van der Waals surface area contributed by atoms with Crippen LogP contribution in [-0.2, 0) is 0 Å². The van der Waals surface area contributed by atoms with E-state index in [2.05, 4.69) is 24.3 Å². The van der Waals surface area contributed by atoms with E-state index in [0.29, 0.717) is 0 Å². The summed E-state index contributed by atoms with van der Waals surface area (Å²) in [6.45, 7) is 5.32. The van der Waals surface area contributed by atoms with Crippen LogP contribution < -0.4 is 11.2 Å². The van der Waals surface area contributed by atoms with E-state index in [4.69, 9.17) is 5.84 Å². The van der Waals surface area contributed by atoms with Crippen molar-refractivity contribution in [2.45, 2.75) is 20.3 Å². The number of hydrogen-bond acceptors (Lipinski definition) is 2. The zero-order valence-corrected chi connectivity index (χ0v) is 6.09. The summed E-state index contributed by atoms with van der Waals surface area (Å²) in [5.74, 6) is 5.59. The molecule has 3 heteroatoms. The van der Waals surface area contributed by atoms with Crippen molar-refractivity contribution >= 4 is 6.34 Å². The fourth-order valence-electron chi connectivity index (χ4n) is 0.489. The zero-order chi connectivity index (χ0) is 7.11. The van der Waals surface area contributed by atoms with Gasteiger partial charge in [-0.05, 0) is 12.3 Å². The quantitative estimate of drug-likeness (QED) is 0.191. The molecule has 0 fully saturated rings. The van der Waals surface area contributed by atoms with Gasteiger partial charge < -0.3 is 11.2 Å². The molecule has 0 aromatic carbocycles. The SMILES string of the molecule is CC(C)CCN/C=N\N. The number of hydrazone groups is 1. The van der Waals surface area contributed by atoms with Gasteiger partial charge in [-0.15, -0.1) is 0 Å². The summed E-state index contributed by atoms with van der Waals surface area (Å²) in [5.41, 5.74) is 0. The van der Waals surface area contributed by atoms with Gasteiger partial charge in [0.1, 0.15) is 6.34 Å². The average molecular weight is 129 g/mol. The Morgan fingerprint density at radius 2 is 2.33 bits per heavy atom. The Labute approximate surface area is 56.3 Å². The molecule has 0 aliphatic rings. The molecule has 0 aromatic heterocycles. The Morgan fingerprint density at radius 1 is 1.67 bits per heavy atom. The summed E-state index contributed by atoms with van der Waals surface area (Å²) in [6, 6.07) is 0. The second-order valence-corrected chi connectivity index (χ2v) is 2.41. The monoisotopic (exact) mass is 129 g/mol. The van der Waals surface area contributed by atoms with Gasteiger partial charge in [-0.3, -0.25) is 0 Å².